The molecule has 3 heteroatoms. The minimum atomic E-state index is -0.873. The van der Waals surface area contributed by atoms with Crippen LogP contribution < -0.4 is 0 Å². The lowest BCUT2D eigenvalue weighted by Gasteiger charge is -2.02. The first kappa shape index (κ1) is 10.3. The number of nitriles is 1. The molecule has 0 aliphatic rings. The summed E-state index contributed by atoms with van der Waals surface area (Å²) in [6.07, 6.45) is 0. The van der Waals surface area contributed by atoms with E-state index in [4.69, 9.17) is 5.26 Å². The van der Waals surface area contributed by atoms with Crippen LogP contribution in [0.25, 0.3) is 11.1 Å². The van der Waals surface area contributed by atoms with Crippen LogP contribution >= 0.6 is 0 Å². The zero-order valence-electron chi connectivity index (χ0n) is 8.24. The second kappa shape index (κ2) is 4.11. The van der Waals surface area contributed by atoms with Crippen molar-refractivity contribution in [2.45, 2.75) is 0 Å². The summed E-state index contributed by atoms with van der Waals surface area (Å²) in [7, 11) is 0. The average Bonchev–Trinajstić information content (AvgIpc) is 2.33. The molecule has 0 saturated heterocycles. The summed E-state index contributed by atoms with van der Waals surface area (Å²) in [5.41, 5.74) is 1.87. The molecule has 2 aromatic carbocycles. The number of rotatable bonds is 1. The average molecular weight is 215 g/mol. The maximum Gasteiger partial charge on any atom is 0.159 e. The van der Waals surface area contributed by atoms with E-state index in [0.717, 1.165) is 17.7 Å². The normalized spacial score (nSPS) is 9.81. The quantitative estimate of drug-likeness (QED) is 0.714. The first-order valence-corrected chi connectivity index (χ1v) is 4.66. The second-order valence-electron chi connectivity index (χ2n) is 3.32. The topological polar surface area (TPSA) is 23.8 Å². The smallest absolute Gasteiger partial charge is 0.159 e. The summed E-state index contributed by atoms with van der Waals surface area (Å²) in [6.45, 7) is 0. The van der Waals surface area contributed by atoms with E-state index >= 15 is 0 Å². The fourth-order valence-electron chi connectivity index (χ4n) is 1.41. The molecule has 0 amide bonds. The van der Waals surface area contributed by atoms with Gasteiger partial charge in [-0.1, -0.05) is 18.2 Å². The summed E-state index contributed by atoms with van der Waals surface area (Å²) in [5, 5.41) is 8.62. The third-order valence-electron chi connectivity index (χ3n) is 2.27. The van der Waals surface area contributed by atoms with E-state index in [1.165, 1.54) is 6.07 Å². The van der Waals surface area contributed by atoms with Gasteiger partial charge in [0.05, 0.1) is 11.6 Å². The number of benzene rings is 2. The molecule has 0 N–H and O–H groups in total. The van der Waals surface area contributed by atoms with Crippen molar-refractivity contribution >= 4 is 0 Å². The van der Waals surface area contributed by atoms with Gasteiger partial charge in [0, 0.05) is 0 Å². The molecule has 2 rings (SSSR count). The Balaban J connectivity index is 2.43. The molecule has 0 saturated carbocycles. The first-order valence-electron chi connectivity index (χ1n) is 4.66. The van der Waals surface area contributed by atoms with E-state index in [-0.39, 0.29) is 0 Å². The molecule has 78 valence electrons. The lowest BCUT2D eigenvalue weighted by atomic mass is 10.0. The number of hydrogen-bond donors (Lipinski definition) is 0. The monoisotopic (exact) mass is 215 g/mol. The maximum absolute atomic E-state index is 13.0. The van der Waals surface area contributed by atoms with Crippen molar-refractivity contribution in [2.24, 2.45) is 0 Å². The Kier molecular flexibility index (Phi) is 2.65. The Hall–Kier alpha value is -2.21. The van der Waals surface area contributed by atoms with E-state index in [0.29, 0.717) is 11.1 Å². The molecule has 2 aromatic rings. The standard InChI is InChI=1S/C13H7F2N/c14-12-6-5-11(7-13(12)15)10-3-1-9(8-16)2-4-10/h1-7H. The van der Waals surface area contributed by atoms with Crippen molar-refractivity contribution in [3.05, 3.63) is 59.7 Å². The van der Waals surface area contributed by atoms with E-state index in [1.54, 1.807) is 24.3 Å². The van der Waals surface area contributed by atoms with Gasteiger partial charge in [-0.25, -0.2) is 8.78 Å². The van der Waals surface area contributed by atoms with Gasteiger partial charge in [-0.15, -0.1) is 0 Å². The molecular formula is C13H7F2N. The summed E-state index contributed by atoms with van der Waals surface area (Å²) in [6, 6.07) is 12.4. The van der Waals surface area contributed by atoms with Crippen molar-refractivity contribution in [2.75, 3.05) is 0 Å². The SMILES string of the molecule is N#Cc1ccc(-c2ccc(F)c(F)c2)cc1. The fraction of sp³-hybridized carbons (Fsp3) is 0. The third kappa shape index (κ3) is 1.91. The molecule has 0 heterocycles. The highest BCUT2D eigenvalue weighted by atomic mass is 19.2. The van der Waals surface area contributed by atoms with E-state index in [1.807, 2.05) is 6.07 Å². The molecule has 1 nitrogen and oxygen atoms in total. The Morgan fingerprint density at radius 2 is 1.44 bits per heavy atom. The Morgan fingerprint density at radius 1 is 0.812 bits per heavy atom. The van der Waals surface area contributed by atoms with Crippen LogP contribution in [-0.2, 0) is 0 Å². The molecule has 0 fully saturated rings. The van der Waals surface area contributed by atoms with E-state index in [2.05, 4.69) is 0 Å². The number of halogens is 2. The predicted octanol–water partition coefficient (Wildman–Crippen LogP) is 3.50. The predicted molar refractivity (Wildman–Crippen MR) is 56.5 cm³/mol. The summed E-state index contributed by atoms with van der Waals surface area (Å²) in [5.74, 6) is -1.74. The first-order chi connectivity index (χ1) is 7.70. The second-order valence-corrected chi connectivity index (χ2v) is 3.32. The molecule has 16 heavy (non-hydrogen) atoms. The Morgan fingerprint density at radius 3 is 2.00 bits per heavy atom. The summed E-state index contributed by atoms with van der Waals surface area (Å²) in [4.78, 5) is 0. The van der Waals surface area contributed by atoms with Gasteiger partial charge in [0.2, 0.25) is 0 Å². The van der Waals surface area contributed by atoms with E-state index < -0.39 is 11.6 Å². The van der Waals surface area contributed by atoms with Gasteiger partial charge < -0.3 is 0 Å². The van der Waals surface area contributed by atoms with Crippen LogP contribution in [0.1, 0.15) is 5.56 Å². The molecule has 0 unspecified atom stereocenters. The van der Waals surface area contributed by atoms with Gasteiger partial charge in [0.25, 0.3) is 0 Å². The highest BCUT2D eigenvalue weighted by Gasteiger charge is 2.04. The minimum Gasteiger partial charge on any atom is -0.204 e. The summed E-state index contributed by atoms with van der Waals surface area (Å²) >= 11 is 0. The summed E-state index contributed by atoms with van der Waals surface area (Å²) < 4.78 is 25.7. The lowest BCUT2D eigenvalue weighted by Crippen LogP contribution is -1.85. The molecular weight excluding hydrogens is 208 g/mol. The van der Waals surface area contributed by atoms with Gasteiger partial charge in [0.1, 0.15) is 0 Å². The molecule has 0 atom stereocenters. The molecule has 0 aromatic heterocycles. The number of nitrogens with zero attached hydrogens (tertiary/aromatic N) is 1. The van der Waals surface area contributed by atoms with Crippen molar-refractivity contribution in [1.29, 1.82) is 5.26 Å². The van der Waals surface area contributed by atoms with Gasteiger partial charge >= 0.3 is 0 Å². The largest absolute Gasteiger partial charge is 0.204 e. The molecule has 0 aliphatic carbocycles. The van der Waals surface area contributed by atoms with Gasteiger partial charge in [-0.2, -0.15) is 5.26 Å². The molecule has 0 bridgehead atoms. The Bertz CT molecular complexity index is 553. The zero-order chi connectivity index (χ0) is 11.5. The van der Waals surface area contributed by atoms with Gasteiger partial charge in [0.15, 0.2) is 11.6 Å². The highest BCUT2D eigenvalue weighted by Crippen LogP contribution is 2.21. The third-order valence-corrected chi connectivity index (χ3v) is 2.27. The van der Waals surface area contributed by atoms with Crippen LogP contribution in [0.4, 0.5) is 8.78 Å². The molecule has 0 spiro atoms. The van der Waals surface area contributed by atoms with E-state index in [9.17, 15) is 8.78 Å². The minimum absolute atomic E-state index is 0.534. The van der Waals surface area contributed by atoms with Crippen LogP contribution in [0.3, 0.4) is 0 Å². The number of hydrogen-bond acceptors (Lipinski definition) is 1. The van der Waals surface area contributed by atoms with Crippen LogP contribution in [0.5, 0.6) is 0 Å². The molecule has 0 aliphatic heterocycles. The van der Waals surface area contributed by atoms with Crippen molar-refractivity contribution in [1.82, 2.24) is 0 Å². The van der Waals surface area contributed by atoms with Crippen LogP contribution in [-0.4, -0.2) is 0 Å². The fourth-order valence-corrected chi connectivity index (χ4v) is 1.41. The van der Waals surface area contributed by atoms with Crippen LogP contribution in [0.15, 0.2) is 42.5 Å². The Labute approximate surface area is 91.6 Å². The molecule has 0 radical (unpaired) electrons. The maximum atomic E-state index is 13.0. The van der Waals surface area contributed by atoms with Gasteiger partial charge in [-0.05, 0) is 35.4 Å². The van der Waals surface area contributed by atoms with Crippen LogP contribution in [0, 0.1) is 23.0 Å². The van der Waals surface area contributed by atoms with Crippen LogP contribution in [0.2, 0.25) is 0 Å². The lowest BCUT2D eigenvalue weighted by molar-refractivity contribution is 0.509. The van der Waals surface area contributed by atoms with Crippen molar-refractivity contribution < 1.29 is 8.78 Å². The van der Waals surface area contributed by atoms with Crippen molar-refractivity contribution in [3.63, 3.8) is 0 Å². The van der Waals surface area contributed by atoms with Gasteiger partial charge in [-0.3, -0.25) is 0 Å². The zero-order valence-corrected chi connectivity index (χ0v) is 8.24. The van der Waals surface area contributed by atoms with Crippen molar-refractivity contribution in [3.8, 4) is 17.2 Å². The highest BCUT2D eigenvalue weighted by molar-refractivity contribution is 5.64.